The Labute approximate surface area is 114 Å². The standard InChI is InChI=1S/C14H23N5/c1-2-13(14-17-16-10-19(14)11-3-4-11)18(9-1)12-5-7-15-8-6-12/h10-13,15H,1-9H2. The van der Waals surface area contributed by atoms with E-state index in [1.54, 1.807) is 0 Å². The molecule has 1 aromatic heterocycles. The Morgan fingerprint density at radius 1 is 1.05 bits per heavy atom. The van der Waals surface area contributed by atoms with Gasteiger partial charge in [0, 0.05) is 12.1 Å². The molecule has 2 saturated heterocycles. The normalized spacial score (nSPS) is 30.0. The maximum Gasteiger partial charge on any atom is 0.150 e. The number of aromatic nitrogens is 3. The largest absolute Gasteiger partial charge is 0.317 e. The van der Waals surface area contributed by atoms with E-state index >= 15 is 0 Å². The van der Waals surface area contributed by atoms with Gasteiger partial charge in [-0.15, -0.1) is 10.2 Å². The van der Waals surface area contributed by atoms with Gasteiger partial charge < -0.3 is 9.88 Å². The first-order valence-electron chi connectivity index (χ1n) is 7.79. The second kappa shape index (κ2) is 4.87. The fourth-order valence-electron chi connectivity index (χ4n) is 3.77. The first-order valence-corrected chi connectivity index (χ1v) is 7.79. The van der Waals surface area contributed by atoms with Gasteiger partial charge in [0.05, 0.1) is 6.04 Å². The van der Waals surface area contributed by atoms with Gasteiger partial charge in [0.2, 0.25) is 0 Å². The topological polar surface area (TPSA) is 46.0 Å². The van der Waals surface area contributed by atoms with E-state index in [-0.39, 0.29) is 0 Å². The maximum atomic E-state index is 4.46. The zero-order valence-electron chi connectivity index (χ0n) is 11.5. The molecule has 2 aliphatic heterocycles. The van der Waals surface area contributed by atoms with Crippen molar-refractivity contribution in [1.82, 2.24) is 25.0 Å². The van der Waals surface area contributed by atoms with Gasteiger partial charge in [0.15, 0.2) is 0 Å². The molecule has 4 rings (SSSR count). The van der Waals surface area contributed by atoms with Crippen LogP contribution in [0, 0.1) is 0 Å². The van der Waals surface area contributed by atoms with E-state index in [9.17, 15) is 0 Å². The molecule has 0 spiro atoms. The Bertz CT molecular complexity index is 433. The summed E-state index contributed by atoms with van der Waals surface area (Å²) in [5.41, 5.74) is 0. The van der Waals surface area contributed by atoms with Crippen molar-refractivity contribution in [2.45, 2.75) is 56.7 Å². The third-order valence-electron chi connectivity index (χ3n) is 4.91. The summed E-state index contributed by atoms with van der Waals surface area (Å²) >= 11 is 0. The summed E-state index contributed by atoms with van der Waals surface area (Å²) in [7, 11) is 0. The third kappa shape index (κ3) is 2.19. The second-order valence-corrected chi connectivity index (χ2v) is 6.20. The van der Waals surface area contributed by atoms with Gasteiger partial charge in [0.25, 0.3) is 0 Å². The molecule has 0 aromatic carbocycles. The van der Waals surface area contributed by atoms with Crippen molar-refractivity contribution >= 4 is 0 Å². The van der Waals surface area contributed by atoms with E-state index in [1.165, 1.54) is 64.0 Å². The van der Waals surface area contributed by atoms with Crippen LogP contribution in [0.25, 0.3) is 0 Å². The fraction of sp³-hybridized carbons (Fsp3) is 0.857. The number of piperidine rings is 1. The number of hydrogen-bond donors (Lipinski definition) is 1. The van der Waals surface area contributed by atoms with Crippen molar-refractivity contribution < 1.29 is 0 Å². The predicted octanol–water partition coefficient (Wildman–Crippen LogP) is 1.50. The van der Waals surface area contributed by atoms with Crippen LogP contribution >= 0.6 is 0 Å². The first kappa shape index (κ1) is 11.9. The summed E-state index contributed by atoms with van der Waals surface area (Å²) in [5.74, 6) is 1.23. The van der Waals surface area contributed by atoms with Crippen LogP contribution in [0.3, 0.4) is 0 Å². The highest BCUT2D eigenvalue weighted by Gasteiger charge is 2.37. The minimum absolute atomic E-state index is 0.520. The van der Waals surface area contributed by atoms with Crippen LogP contribution in [0.15, 0.2) is 6.33 Å². The molecule has 3 aliphatic rings. The van der Waals surface area contributed by atoms with E-state index in [0.717, 1.165) is 6.04 Å². The summed E-state index contributed by atoms with van der Waals surface area (Å²) in [5, 5.41) is 12.1. The molecule has 1 aromatic rings. The summed E-state index contributed by atoms with van der Waals surface area (Å²) in [6, 6.07) is 1.96. The molecule has 0 bridgehead atoms. The molecule has 0 amide bonds. The molecule has 1 atom stereocenters. The van der Waals surface area contributed by atoms with Crippen LogP contribution in [-0.4, -0.2) is 45.3 Å². The highest BCUT2D eigenvalue weighted by Crippen LogP contribution is 2.40. The smallest absolute Gasteiger partial charge is 0.150 e. The highest BCUT2D eigenvalue weighted by molar-refractivity contribution is 5.04. The number of likely N-dealkylation sites (tertiary alicyclic amines) is 1. The van der Waals surface area contributed by atoms with Crippen LogP contribution in [0.2, 0.25) is 0 Å². The molecule has 19 heavy (non-hydrogen) atoms. The lowest BCUT2D eigenvalue weighted by atomic mass is 10.0. The van der Waals surface area contributed by atoms with Crippen molar-refractivity contribution in [2.75, 3.05) is 19.6 Å². The molecule has 1 unspecified atom stereocenters. The second-order valence-electron chi connectivity index (χ2n) is 6.20. The molecule has 0 radical (unpaired) electrons. The zero-order chi connectivity index (χ0) is 12.7. The van der Waals surface area contributed by atoms with Gasteiger partial charge in [-0.25, -0.2) is 0 Å². The molecule has 5 heteroatoms. The maximum absolute atomic E-state index is 4.46. The van der Waals surface area contributed by atoms with E-state index in [2.05, 4.69) is 25.0 Å². The van der Waals surface area contributed by atoms with Crippen molar-refractivity contribution in [2.24, 2.45) is 0 Å². The molecule has 104 valence electrons. The lowest BCUT2D eigenvalue weighted by Crippen LogP contribution is -2.43. The fourth-order valence-corrected chi connectivity index (χ4v) is 3.77. The lowest BCUT2D eigenvalue weighted by Gasteiger charge is -2.35. The van der Waals surface area contributed by atoms with Crippen LogP contribution < -0.4 is 5.32 Å². The van der Waals surface area contributed by atoms with Crippen molar-refractivity contribution in [3.8, 4) is 0 Å². The SMILES string of the molecule is c1nnc(C2CCCN2C2CCNCC2)n1C1CC1. The van der Waals surface area contributed by atoms with E-state index in [0.29, 0.717) is 12.1 Å². The van der Waals surface area contributed by atoms with Crippen LogP contribution in [-0.2, 0) is 0 Å². The number of hydrogen-bond acceptors (Lipinski definition) is 4. The molecule has 1 saturated carbocycles. The Morgan fingerprint density at radius 3 is 2.68 bits per heavy atom. The Hall–Kier alpha value is -0.940. The van der Waals surface area contributed by atoms with Crippen molar-refractivity contribution in [3.63, 3.8) is 0 Å². The third-order valence-corrected chi connectivity index (χ3v) is 4.91. The molecule has 5 nitrogen and oxygen atoms in total. The highest BCUT2D eigenvalue weighted by atomic mass is 15.3. The molecule has 1 aliphatic carbocycles. The van der Waals surface area contributed by atoms with Crippen LogP contribution in [0.1, 0.15) is 56.4 Å². The Morgan fingerprint density at radius 2 is 1.89 bits per heavy atom. The minimum atomic E-state index is 0.520. The molecular formula is C14H23N5. The van der Waals surface area contributed by atoms with Crippen LogP contribution in [0.5, 0.6) is 0 Å². The first-order chi connectivity index (χ1) is 9.43. The zero-order valence-corrected chi connectivity index (χ0v) is 11.5. The van der Waals surface area contributed by atoms with E-state index in [1.807, 2.05) is 6.33 Å². The predicted molar refractivity (Wildman–Crippen MR) is 72.9 cm³/mol. The van der Waals surface area contributed by atoms with Gasteiger partial charge >= 0.3 is 0 Å². The van der Waals surface area contributed by atoms with Crippen molar-refractivity contribution in [1.29, 1.82) is 0 Å². The summed E-state index contributed by atoms with van der Waals surface area (Å²) < 4.78 is 2.35. The van der Waals surface area contributed by atoms with Gasteiger partial charge in [-0.05, 0) is 58.2 Å². The monoisotopic (exact) mass is 261 g/mol. The van der Waals surface area contributed by atoms with E-state index < -0.39 is 0 Å². The van der Waals surface area contributed by atoms with Gasteiger partial charge in [-0.2, -0.15) is 0 Å². The summed E-state index contributed by atoms with van der Waals surface area (Å²) in [4.78, 5) is 2.71. The summed E-state index contributed by atoms with van der Waals surface area (Å²) in [6.45, 7) is 3.58. The molecular weight excluding hydrogens is 238 g/mol. The number of nitrogens with zero attached hydrogens (tertiary/aromatic N) is 4. The Balaban J connectivity index is 1.56. The average Bonchev–Trinajstić information content (AvgIpc) is 3.01. The minimum Gasteiger partial charge on any atom is -0.317 e. The van der Waals surface area contributed by atoms with Crippen LogP contribution in [0.4, 0.5) is 0 Å². The average molecular weight is 261 g/mol. The van der Waals surface area contributed by atoms with Gasteiger partial charge in [0.1, 0.15) is 12.2 Å². The van der Waals surface area contributed by atoms with Gasteiger partial charge in [-0.1, -0.05) is 0 Å². The van der Waals surface area contributed by atoms with E-state index in [4.69, 9.17) is 0 Å². The summed E-state index contributed by atoms with van der Waals surface area (Å²) in [6.07, 6.45) is 9.71. The number of nitrogens with one attached hydrogen (secondary N) is 1. The molecule has 3 fully saturated rings. The Kier molecular flexibility index (Phi) is 3.04. The van der Waals surface area contributed by atoms with Crippen molar-refractivity contribution in [3.05, 3.63) is 12.2 Å². The number of rotatable bonds is 3. The molecule has 1 N–H and O–H groups in total. The van der Waals surface area contributed by atoms with Gasteiger partial charge in [-0.3, -0.25) is 4.90 Å². The lowest BCUT2D eigenvalue weighted by molar-refractivity contribution is 0.141. The quantitative estimate of drug-likeness (QED) is 0.895. The molecule has 3 heterocycles.